The normalized spacial score (nSPS) is 19.0. The Morgan fingerprint density at radius 1 is 1.34 bits per heavy atom. The Hall–Kier alpha value is -2.68. The van der Waals surface area contributed by atoms with Crippen LogP contribution in [0, 0.1) is 10.8 Å². The molecule has 2 amide bonds. The van der Waals surface area contributed by atoms with Crippen molar-refractivity contribution < 1.29 is 14.3 Å². The molecule has 9 heteroatoms. The first kappa shape index (κ1) is 21.0. The average Bonchev–Trinajstić information content (AvgIpc) is 3.27. The number of amidine groups is 1. The number of carbonyl (C=O) groups excluding carboxylic acids is 2. The van der Waals surface area contributed by atoms with Crippen molar-refractivity contribution in [1.29, 1.82) is 5.41 Å². The Morgan fingerprint density at radius 3 is 2.62 bits per heavy atom. The van der Waals surface area contributed by atoms with Crippen molar-refractivity contribution in [2.45, 2.75) is 38.6 Å². The van der Waals surface area contributed by atoms with Gasteiger partial charge in [-0.15, -0.1) is 0 Å². The zero-order chi connectivity index (χ0) is 21.0. The summed E-state index contributed by atoms with van der Waals surface area (Å²) in [5.74, 6) is -0.911. The van der Waals surface area contributed by atoms with Crippen molar-refractivity contribution in [2.75, 3.05) is 32.1 Å². The van der Waals surface area contributed by atoms with Crippen LogP contribution in [0.1, 0.15) is 32.6 Å². The maximum Gasteiger partial charge on any atom is 0.261 e. The Morgan fingerprint density at radius 2 is 2.03 bits per heavy atom. The topological polar surface area (TPSA) is 112 Å². The zero-order valence-electron chi connectivity index (χ0n) is 17.3. The number of rotatable bonds is 7. The molecule has 0 radical (unpaired) electrons. The first-order chi connectivity index (χ1) is 13.8. The minimum Gasteiger partial charge on any atom is -0.383 e. The lowest BCUT2D eigenvalue weighted by Gasteiger charge is -2.49. The zero-order valence-corrected chi connectivity index (χ0v) is 17.3. The number of hydrogen-bond acceptors (Lipinski definition) is 5. The summed E-state index contributed by atoms with van der Waals surface area (Å²) in [7, 11) is 3.29. The highest BCUT2D eigenvalue weighted by atomic mass is 16.5. The molecule has 158 valence electrons. The molecule has 2 fully saturated rings. The second kappa shape index (κ2) is 8.77. The van der Waals surface area contributed by atoms with E-state index >= 15 is 0 Å². The fraction of sp³-hybridized carbons (Fsp3) is 0.600. The fourth-order valence-electron chi connectivity index (χ4n) is 4.11. The number of carbonyl (C=O) groups is 2. The van der Waals surface area contributed by atoms with E-state index < -0.39 is 11.8 Å². The molecule has 1 saturated heterocycles. The number of anilines is 1. The van der Waals surface area contributed by atoms with Crippen LogP contribution in [-0.2, 0) is 21.4 Å². The van der Waals surface area contributed by atoms with E-state index in [0.29, 0.717) is 17.7 Å². The number of hydrogen-bond donors (Lipinski definition) is 3. The summed E-state index contributed by atoms with van der Waals surface area (Å²) in [6.45, 7) is 3.76. The van der Waals surface area contributed by atoms with Gasteiger partial charge in [-0.2, -0.15) is 5.10 Å². The van der Waals surface area contributed by atoms with Gasteiger partial charge in [0.05, 0.1) is 18.5 Å². The van der Waals surface area contributed by atoms with Crippen LogP contribution in [0.3, 0.4) is 0 Å². The molecular formula is C20H30N6O3. The molecule has 29 heavy (non-hydrogen) atoms. The molecule has 2 heterocycles. The van der Waals surface area contributed by atoms with Crippen LogP contribution in [0.4, 0.5) is 5.69 Å². The van der Waals surface area contributed by atoms with Crippen LogP contribution >= 0.6 is 0 Å². The van der Waals surface area contributed by atoms with Crippen LogP contribution < -0.4 is 10.6 Å². The van der Waals surface area contributed by atoms with E-state index in [2.05, 4.69) is 15.7 Å². The van der Waals surface area contributed by atoms with Gasteiger partial charge in [0.1, 0.15) is 11.4 Å². The molecule has 3 rings (SSSR count). The molecule has 2 aliphatic rings. The van der Waals surface area contributed by atoms with E-state index in [1.54, 1.807) is 32.0 Å². The number of nitrogens with zero attached hydrogens (tertiary/aromatic N) is 3. The molecule has 0 bridgehead atoms. The summed E-state index contributed by atoms with van der Waals surface area (Å²) in [5.41, 5.74) is 0.712. The third-order valence-corrected chi connectivity index (χ3v) is 5.58. The lowest BCUT2D eigenvalue weighted by molar-refractivity contribution is -0.122. The number of nitrogens with one attached hydrogen (secondary N) is 3. The van der Waals surface area contributed by atoms with Gasteiger partial charge in [0, 0.05) is 44.9 Å². The van der Waals surface area contributed by atoms with Crippen LogP contribution in [0.2, 0.25) is 0 Å². The molecular weight excluding hydrogens is 372 g/mol. The summed E-state index contributed by atoms with van der Waals surface area (Å²) in [5, 5.41) is 17.9. The number of likely N-dealkylation sites (tertiary alicyclic amines) is 1. The number of amides is 2. The summed E-state index contributed by atoms with van der Waals surface area (Å²) in [6, 6.07) is -0.262. The maximum absolute atomic E-state index is 12.8. The van der Waals surface area contributed by atoms with Gasteiger partial charge in [-0.05, 0) is 25.8 Å². The Balaban J connectivity index is 1.72. The minimum absolute atomic E-state index is 0.103. The first-order valence-corrected chi connectivity index (χ1v) is 9.97. The number of aryl methyl sites for hydroxylation is 1. The molecule has 3 N–H and O–H groups in total. The smallest absolute Gasteiger partial charge is 0.261 e. The van der Waals surface area contributed by atoms with Gasteiger partial charge in [0.25, 0.3) is 11.8 Å². The van der Waals surface area contributed by atoms with Crippen molar-refractivity contribution in [3.05, 3.63) is 24.0 Å². The Bertz CT molecular complexity index is 801. The highest BCUT2D eigenvalue weighted by molar-refractivity contribution is 6.25. The summed E-state index contributed by atoms with van der Waals surface area (Å²) in [6.07, 6.45) is 9.40. The molecule has 1 spiro atoms. The van der Waals surface area contributed by atoms with Gasteiger partial charge in [0.15, 0.2) is 0 Å². The number of aromatic nitrogens is 2. The van der Waals surface area contributed by atoms with E-state index in [4.69, 9.17) is 10.1 Å². The molecule has 0 unspecified atom stereocenters. The highest BCUT2D eigenvalue weighted by Gasteiger charge is 2.45. The molecule has 9 nitrogen and oxygen atoms in total. The minimum atomic E-state index is -0.569. The van der Waals surface area contributed by atoms with Crippen LogP contribution in [-0.4, -0.2) is 65.2 Å². The van der Waals surface area contributed by atoms with Crippen LogP contribution in [0.5, 0.6) is 0 Å². The Labute approximate surface area is 171 Å². The summed E-state index contributed by atoms with van der Waals surface area (Å²) in [4.78, 5) is 27.5. The lowest BCUT2D eigenvalue weighted by atomic mass is 9.78. The third kappa shape index (κ3) is 5.03. The third-order valence-electron chi connectivity index (χ3n) is 5.58. The van der Waals surface area contributed by atoms with Gasteiger partial charge < -0.3 is 20.3 Å². The first-order valence-electron chi connectivity index (χ1n) is 9.97. The molecule has 1 aliphatic carbocycles. The number of methoxy groups -OCH3 is 1. The maximum atomic E-state index is 12.8. The quantitative estimate of drug-likeness (QED) is 0.209. The summed E-state index contributed by atoms with van der Waals surface area (Å²) < 4.78 is 6.60. The van der Waals surface area contributed by atoms with Crippen molar-refractivity contribution in [2.24, 2.45) is 12.5 Å². The highest BCUT2D eigenvalue weighted by Crippen LogP contribution is 2.45. The molecule has 1 atom stereocenters. The van der Waals surface area contributed by atoms with E-state index in [1.807, 2.05) is 4.90 Å². The van der Waals surface area contributed by atoms with Gasteiger partial charge in [0.2, 0.25) is 0 Å². The van der Waals surface area contributed by atoms with E-state index in [-0.39, 0.29) is 17.5 Å². The van der Waals surface area contributed by atoms with Crippen LogP contribution in [0.25, 0.3) is 0 Å². The van der Waals surface area contributed by atoms with E-state index in [9.17, 15) is 9.59 Å². The molecule has 1 aromatic heterocycles. The fourth-order valence-corrected chi connectivity index (χ4v) is 4.11. The second-order valence-corrected chi connectivity index (χ2v) is 8.19. The van der Waals surface area contributed by atoms with Crippen molar-refractivity contribution >= 4 is 23.3 Å². The van der Waals surface area contributed by atoms with Gasteiger partial charge in [-0.3, -0.25) is 19.7 Å². The second-order valence-electron chi connectivity index (χ2n) is 8.19. The predicted molar refractivity (Wildman–Crippen MR) is 110 cm³/mol. The van der Waals surface area contributed by atoms with Crippen LogP contribution in [0.15, 0.2) is 24.0 Å². The van der Waals surface area contributed by atoms with Gasteiger partial charge in [-0.25, -0.2) is 0 Å². The monoisotopic (exact) mass is 402 g/mol. The molecule has 1 saturated carbocycles. The SMILES string of the molecule is COC[C@H](C)NC(=O)/C(=C/C(=N)N1CC2(CCCC2)C1)C(=O)Nc1cnn(C)c1. The summed E-state index contributed by atoms with van der Waals surface area (Å²) >= 11 is 0. The largest absolute Gasteiger partial charge is 0.383 e. The predicted octanol–water partition coefficient (Wildman–Crippen LogP) is 1.29. The van der Waals surface area contributed by atoms with E-state index in [0.717, 1.165) is 13.1 Å². The van der Waals surface area contributed by atoms with Gasteiger partial charge >= 0.3 is 0 Å². The van der Waals surface area contributed by atoms with Crippen molar-refractivity contribution in [3.63, 3.8) is 0 Å². The standard InChI is InChI=1S/C20H30N6O3/c1-14(11-29-3)23-18(27)16(19(28)24-15-9-22-25(2)10-15)8-17(21)26-12-20(13-26)6-4-5-7-20/h8-10,14,21H,4-7,11-13H2,1-3H3,(H,23,27)(H,24,28)/b16-8-,21-17?/t14-/m0/s1. The Kier molecular flexibility index (Phi) is 6.36. The number of ether oxygens (including phenoxy) is 1. The molecule has 1 aromatic rings. The molecule has 1 aliphatic heterocycles. The van der Waals surface area contributed by atoms with Gasteiger partial charge in [-0.1, -0.05) is 12.8 Å². The van der Waals surface area contributed by atoms with E-state index in [1.165, 1.54) is 38.0 Å². The van der Waals surface area contributed by atoms with Crippen molar-refractivity contribution in [1.82, 2.24) is 20.0 Å². The molecule has 0 aromatic carbocycles. The van der Waals surface area contributed by atoms with Crippen molar-refractivity contribution in [3.8, 4) is 0 Å². The average molecular weight is 402 g/mol. The lowest BCUT2D eigenvalue weighted by Crippen LogP contribution is -2.56.